The van der Waals surface area contributed by atoms with Gasteiger partial charge in [0.25, 0.3) is 0 Å². The van der Waals surface area contributed by atoms with Gasteiger partial charge in [-0.05, 0) is 12.8 Å². The predicted octanol–water partition coefficient (Wildman–Crippen LogP) is 0.316. The first-order chi connectivity index (χ1) is 7.45. The molecule has 2 fully saturated rings. The van der Waals surface area contributed by atoms with E-state index in [0.29, 0.717) is 12.0 Å². The van der Waals surface area contributed by atoms with E-state index in [-0.39, 0.29) is 0 Å². The summed E-state index contributed by atoms with van der Waals surface area (Å²) in [6, 6.07) is 0.567. The Kier molecular flexibility index (Phi) is 2.42. The van der Waals surface area contributed by atoms with Crippen molar-refractivity contribution in [3.63, 3.8) is 0 Å². The summed E-state index contributed by atoms with van der Waals surface area (Å²) < 4.78 is 7.61. The van der Waals surface area contributed by atoms with E-state index in [1.54, 1.807) is 0 Å². The maximum Gasteiger partial charge on any atom is 0.136 e. The van der Waals surface area contributed by atoms with Crippen LogP contribution in [0.15, 0.2) is 6.33 Å². The number of ether oxygens (including phenoxy) is 1. The molecule has 0 atom stereocenters. The van der Waals surface area contributed by atoms with Gasteiger partial charge >= 0.3 is 0 Å². The molecule has 0 aromatic carbocycles. The lowest BCUT2D eigenvalue weighted by Gasteiger charge is -2.31. The van der Waals surface area contributed by atoms with Crippen LogP contribution in [-0.2, 0) is 4.74 Å². The second-order valence-corrected chi connectivity index (χ2v) is 4.30. The average molecular weight is 208 g/mol. The Morgan fingerprint density at radius 3 is 2.80 bits per heavy atom. The molecule has 0 spiro atoms. The molecule has 2 aliphatic heterocycles. The summed E-state index contributed by atoms with van der Waals surface area (Å²) in [6.07, 6.45) is 4.04. The van der Waals surface area contributed by atoms with Gasteiger partial charge in [0.15, 0.2) is 0 Å². The van der Waals surface area contributed by atoms with E-state index in [1.165, 1.54) is 0 Å². The van der Waals surface area contributed by atoms with Crippen molar-refractivity contribution in [2.24, 2.45) is 0 Å². The normalized spacial score (nSPS) is 24.0. The fourth-order valence-corrected chi connectivity index (χ4v) is 2.25. The number of aromatic nitrogens is 3. The molecule has 3 heterocycles. The van der Waals surface area contributed by atoms with Gasteiger partial charge in [-0.1, -0.05) is 0 Å². The van der Waals surface area contributed by atoms with Crippen molar-refractivity contribution in [2.75, 3.05) is 26.3 Å². The summed E-state index contributed by atoms with van der Waals surface area (Å²) in [4.78, 5) is 0. The van der Waals surface area contributed by atoms with Crippen LogP contribution in [0.4, 0.5) is 0 Å². The Hall–Kier alpha value is -0.940. The molecular weight excluding hydrogens is 192 g/mol. The van der Waals surface area contributed by atoms with E-state index < -0.39 is 0 Å². The summed E-state index contributed by atoms with van der Waals surface area (Å²) in [7, 11) is 0. The maximum atomic E-state index is 5.37. The van der Waals surface area contributed by atoms with Gasteiger partial charge in [0, 0.05) is 32.2 Å². The molecule has 1 N–H and O–H groups in total. The second kappa shape index (κ2) is 3.90. The summed E-state index contributed by atoms with van der Waals surface area (Å²) in [5.74, 6) is 1.70. The van der Waals surface area contributed by atoms with Gasteiger partial charge < -0.3 is 14.6 Å². The van der Waals surface area contributed by atoms with E-state index in [2.05, 4.69) is 20.1 Å². The van der Waals surface area contributed by atoms with Gasteiger partial charge in [-0.25, -0.2) is 0 Å². The molecule has 0 amide bonds. The van der Waals surface area contributed by atoms with Crippen molar-refractivity contribution in [1.82, 2.24) is 20.1 Å². The molecule has 1 aromatic heterocycles. The van der Waals surface area contributed by atoms with Crippen molar-refractivity contribution in [1.29, 1.82) is 0 Å². The zero-order valence-electron chi connectivity index (χ0n) is 8.72. The largest absolute Gasteiger partial charge is 0.381 e. The molecule has 2 saturated heterocycles. The summed E-state index contributed by atoms with van der Waals surface area (Å²) >= 11 is 0. The van der Waals surface area contributed by atoms with Gasteiger partial charge in [0.05, 0.1) is 6.04 Å². The van der Waals surface area contributed by atoms with E-state index in [4.69, 9.17) is 4.74 Å². The van der Waals surface area contributed by atoms with Crippen LogP contribution in [0.1, 0.15) is 30.6 Å². The topological polar surface area (TPSA) is 52.0 Å². The molecule has 1 aromatic rings. The van der Waals surface area contributed by atoms with Crippen LogP contribution in [0.3, 0.4) is 0 Å². The Morgan fingerprint density at radius 1 is 1.33 bits per heavy atom. The first-order valence-corrected chi connectivity index (χ1v) is 5.63. The highest BCUT2D eigenvalue weighted by atomic mass is 16.5. The predicted molar refractivity (Wildman–Crippen MR) is 54.7 cm³/mol. The first-order valence-electron chi connectivity index (χ1n) is 5.63. The van der Waals surface area contributed by atoms with Crippen molar-refractivity contribution >= 4 is 0 Å². The summed E-state index contributed by atoms with van der Waals surface area (Å²) in [6.45, 7) is 3.82. The lowest BCUT2D eigenvalue weighted by Crippen LogP contribution is -2.44. The molecule has 5 nitrogen and oxygen atoms in total. The molecular formula is C10H16N4O. The molecule has 0 radical (unpaired) electrons. The number of hydrogen-bond donors (Lipinski definition) is 1. The molecule has 0 saturated carbocycles. The fraction of sp³-hybridized carbons (Fsp3) is 0.800. The molecule has 2 aliphatic rings. The molecule has 5 heteroatoms. The Balaban J connectivity index is 1.80. The molecule has 3 rings (SSSR count). The zero-order valence-corrected chi connectivity index (χ0v) is 8.72. The highest BCUT2D eigenvalue weighted by Gasteiger charge is 2.26. The molecule has 0 unspecified atom stereocenters. The van der Waals surface area contributed by atoms with Crippen molar-refractivity contribution in [3.05, 3.63) is 12.2 Å². The average Bonchev–Trinajstić information content (AvgIpc) is 2.65. The fourth-order valence-electron chi connectivity index (χ4n) is 2.25. The highest BCUT2D eigenvalue weighted by molar-refractivity contribution is 5.01. The van der Waals surface area contributed by atoms with Gasteiger partial charge in [-0.2, -0.15) is 0 Å². The van der Waals surface area contributed by atoms with Crippen LogP contribution in [0.25, 0.3) is 0 Å². The van der Waals surface area contributed by atoms with Crippen LogP contribution in [0.2, 0.25) is 0 Å². The van der Waals surface area contributed by atoms with Crippen LogP contribution in [0.5, 0.6) is 0 Å². The van der Waals surface area contributed by atoms with E-state index >= 15 is 0 Å². The van der Waals surface area contributed by atoms with Crippen molar-refractivity contribution in [3.8, 4) is 0 Å². The smallest absolute Gasteiger partial charge is 0.136 e. The molecule has 0 bridgehead atoms. The van der Waals surface area contributed by atoms with Gasteiger partial charge in [0.2, 0.25) is 0 Å². The lowest BCUT2D eigenvalue weighted by molar-refractivity contribution is 0.0820. The minimum atomic E-state index is 0.543. The van der Waals surface area contributed by atoms with E-state index in [0.717, 1.165) is 45.0 Å². The monoisotopic (exact) mass is 208 g/mol. The van der Waals surface area contributed by atoms with Crippen LogP contribution in [-0.4, -0.2) is 41.1 Å². The van der Waals surface area contributed by atoms with Crippen LogP contribution < -0.4 is 5.32 Å². The number of rotatable bonds is 2. The lowest BCUT2D eigenvalue weighted by atomic mass is 9.98. The molecule has 82 valence electrons. The molecule has 15 heavy (non-hydrogen) atoms. The van der Waals surface area contributed by atoms with E-state index in [1.807, 2.05) is 6.33 Å². The van der Waals surface area contributed by atoms with Gasteiger partial charge in [0.1, 0.15) is 12.2 Å². The standard InChI is InChI=1S/C10H16N4O/c1-3-15-4-2-8(1)10-13-12-7-14(10)9-5-11-6-9/h7-9,11H,1-6H2. The number of nitrogens with one attached hydrogen (secondary N) is 1. The second-order valence-electron chi connectivity index (χ2n) is 4.30. The Morgan fingerprint density at radius 2 is 2.13 bits per heavy atom. The van der Waals surface area contributed by atoms with Gasteiger partial charge in [-0.3, -0.25) is 0 Å². The third kappa shape index (κ3) is 1.66. The van der Waals surface area contributed by atoms with Gasteiger partial charge in [-0.15, -0.1) is 10.2 Å². The zero-order chi connectivity index (χ0) is 10.1. The number of nitrogens with zero attached hydrogens (tertiary/aromatic N) is 3. The Bertz CT molecular complexity index is 328. The third-order valence-electron chi connectivity index (χ3n) is 3.34. The third-order valence-corrected chi connectivity index (χ3v) is 3.34. The Labute approximate surface area is 88.8 Å². The van der Waals surface area contributed by atoms with Crippen molar-refractivity contribution in [2.45, 2.75) is 24.8 Å². The summed E-state index contributed by atoms with van der Waals surface area (Å²) in [5, 5.41) is 11.6. The molecule has 0 aliphatic carbocycles. The van der Waals surface area contributed by atoms with Crippen LogP contribution >= 0.6 is 0 Å². The minimum absolute atomic E-state index is 0.543. The van der Waals surface area contributed by atoms with E-state index in [9.17, 15) is 0 Å². The van der Waals surface area contributed by atoms with Crippen molar-refractivity contribution < 1.29 is 4.74 Å². The minimum Gasteiger partial charge on any atom is -0.381 e. The number of hydrogen-bond acceptors (Lipinski definition) is 4. The quantitative estimate of drug-likeness (QED) is 0.760. The summed E-state index contributed by atoms with van der Waals surface area (Å²) in [5.41, 5.74) is 0. The SMILES string of the molecule is c1nnc(C2CCOCC2)n1C1CNC1. The first kappa shape index (κ1) is 9.30. The highest BCUT2D eigenvalue weighted by Crippen LogP contribution is 2.27. The van der Waals surface area contributed by atoms with Crippen LogP contribution in [0, 0.1) is 0 Å². The maximum absolute atomic E-state index is 5.37.